The van der Waals surface area contributed by atoms with Crippen LogP contribution in [0.2, 0.25) is 0 Å². The molecule has 0 aliphatic rings. The maximum atomic E-state index is 4.32. The minimum atomic E-state index is 0.894. The van der Waals surface area contributed by atoms with E-state index in [2.05, 4.69) is 25.9 Å². The van der Waals surface area contributed by atoms with Crippen molar-refractivity contribution in [2.45, 2.75) is 6.92 Å². The second kappa shape index (κ2) is 3.88. The highest BCUT2D eigenvalue weighted by molar-refractivity contribution is 9.10. The zero-order chi connectivity index (χ0) is 9.97. The largest absolute Gasteiger partial charge is 0.254 e. The lowest BCUT2D eigenvalue weighted by Gasteiger charge is -2.04. The van der Waals surface area contributed by atoms with Gasteiger partial charge in [0.05, 0.1) is 5.69 Å². The summed E-state index contributed by atoms with van der Waals surface area (Å²) < 4.78 is 0.974. The molecule has 0 aliphatic carbocycles. The van der Waals surface area contributed by atoms with Gasteiger partial charge in [-0.3, -0.25) is 9.97 Å². The zero-order valence-corrected chi connectivity index (χ0v) is 9.32. The molecule has 0 fully saturated rings. The van der Waals surface area contributed by atoms with E-state index in [-0.39, 0.29) is 0 Å². The molecule has 0 unspecified atom stereocenters. The van der Waals surface area contributed by atoms with Gasteiger partial charge >= 0.3 is 0 Å². The van der Waals surface area contributed by atoms with Crippen molar-refractivity contribution >= 4 is 15.9 Å². The van der Waals surface area contributed by atoms with Crippen LogP contribution in [0.25, 0.3) is 11.4 Å². The van der Waals surface area contributed by atoms with Gasteiger partial charge in [-0.25, -0.2) is 0 Å². The van der Waals surface area contributed by atoms with Gasteiger partial charge in [-0.05, 0) is 46.6 Å². The summed E-state index contributed by atoms with van der Waals surface area (Å²) in [6.07, 6.45) is 3.55. The molecule has 0 aliphatic heterocycles. The number of nitrogens with zero attached hydrogens (tertiary/aromatic N) is 2. The Kier molecular flexibility index (Phi) is 2.59. The van der Waals surface area contributed by atoms with E-state index in [0.29, 0.717) is 0 Å². The molecule has 2 rings (SSSR count). The van der Waals surface area contributed by atoms with Gasteiger partial charge < -0.3 is 0 Å². The molecule has 14 heavy (non-hydrogen) atoms. The van der Waals surface area contributed by atoms with Crippen LogP contribution in [0.5, 0.6) is 0 Å². The van der Waals surface area contributed by atoms with Crippen LogP contribution in [0.15, 0.2) is 41.1 Å². The molecule has 0 aromatic carbocycles. The molecule has 0 bridgehead atoms. The minimum absolute atomic E-state index is 0.894. The number of pyridine rings is 2. The van der Waals surface area contributed by atoms with Gasteiger partial charge in [-0.15, -0.1) is 0 Å². The average molecular weight is 249 g/mol. The number of aromatic nitrogens is 2. The lowest BCUT2D eigenvalue weighted by Crippen LogP contribution is -1.90. The van der Waals surface area contributed by atoms with Crippen LogP contribution >= 0.6 is 15.9 Å². The molecule has 0 saturated heterocycles. The van der Waals surface area contributed by atoms with E-state index in [9.17, 15) is 0 Å². The van der Waals surface area contributed by atoms with Crippen molar-refractivity contribution in [1.82, 2.24) is 9.97 Å². The molecule has 0 saturated carbocycles. The molecule has 2 heterocycles. The highest BCUT2D eigenvalue weighted by Gasteiger charge is 2.06. The third-order valence-electron chi connectivity index (χ3n) is 1.99. The first-order valence-electron chi connectivity index (χ1n) is 4.31. The Hall–Kier alpha value is -1.22. The SMILES string of the molecule is Cc1cccnc1-c1ncccc1Br. The van der Waals surface area contributed by atoms with Crippen LogP contribution in [-0.4, -0.2) is 9.97 Å². The number of aryl methyl sites for hydroxylation is 1. The van der Waals surface area contributed by atoms with E-state index in [1.54, 1.807) is 12.4 Å². The lowest BCUT2D eigenvalue weighted by molar-refractivity contribution is 1.20. The maximum Gasteiger partial charge on any atom is 0.103 e. The standard InChI is InChI=1S/C11H9BrN2/c1-8-4-2-6-13-10(8)11-9(12)5-3-7-14-11/h2-7H,1H3. The van der Waals surface area contributed by atoms with E-state index >= 15 is 0 Å². The fourth-order valence-electron chi connectivity index (χ4n) is 1.29. The van der Waals surface area contributed by atoms with Gasteiger partial charge in [0, 0.05) is 16.9 Å². The Labute approximate surface area is 91.2 Å². The Morgan fingerprint density at radius 2 is 1.64 bits per heavy atom. The Morgan fingerprint density at radius 1 is 1.00 bits per heavy atom. The zero-order valence-electron chi connectivity index (χ0n) is 7.74. The summed E-state index contributed by atoms with van der Waals surface area (Å²) in [6, 6.07) is 7.82. The van der Waals surface area contributed by atoms with Crippen LogP contribution in [0.3, 0.4) is 0 Å². The lowest BCUT2D eigenvalue weighted by atomic mass is 10.1. The summed E-state index contributed by atoms with van der Waals surface area (Å²) in [5, 5.41) is 0. The van der Waals surface area contributed by atoms with Crippen LogP contribution in [0, 0.1) is 6.92 Å². The van der Waals surface area contributed by atoms with Crippen LogP contribution in [-0.2, 0) is 0 Å². The molecule has 0 atom stereocenters. The van der Waals surface area contributed by atoms with Gasteiger partial charge in [0.15, 0.2) is 0 Å². The first-order chi connectivity index (χ1) is 6.79. The van der Waals surface area contributed by atoms with Crippen molar-refractivity contribution < 1.29 is 0 Å². The molecule has 2 aromatic heterocycles. The number of rotatable bonds is 1. The second-order valence-electron chi connectivity index (χ2n) is 3.00. The molecule has 0 amide bonds. The molecule has 2 nitrogen and oxygen atoms in total. The summed E-state index contributed by atoms with van der Waals surface area (Å²) in [6.45, 7) is 2.03. The second-order valence-corrected chi connectivity index (χ2v) is 3.86. The Bertz CT molecular complexity index is 411. The van der Waals surface area contributed by atoms with Crippen molar-refractivity contribution in [1.29, 1.82) is 0 Å². The minimum Gasteiger partial charge on any atom is -0.254 e. The van der Waals surface area contributed by atoms with E-state index in [4.69, 9.17) is 0 Å². The first kappa shape index (κ1) is 9.34. The summed E-state index contributed by atoms with van der Waals surface area (Å²) in [4.78, 5) is 8.62. The maximum absolute atomic E-state index is 4.32. The third-order valence-corrected chi connectivity index (χ3v) is 2.63. The fraction of sp³-hybridized carbons (Fsp3) is 0.0909. The first-order valence-corrected chi connectivity index (χ1v) is 5.11. The average Bonchev–Trinajstić information content (AvgIpc) is 2.20. The van der Waals surface area contributed by atoms with Crippen LogP contribution < -0.4 is 0 Å². The normalized spacial score (nSPS) is 10.1. The summed E-state index contributed by atoms with van der Waals surface area (Å²) in [5.41, 5.74) is 2.96. The van der Waals surface area contributed by atoms with Crippen LogP contribution in [0.1, 0.15) is 5.56 Å². The topological polar surface area (TPSA) is 25.8 Å². The predicted octanol–water partition coefficient (Wildman–Crippen LogP) is 3.21. The molecular weight excluding hydrogens is 240 g/mol. The predicted molar refractivity (Wildman–Crippen MR) is 59.9 cm³/mol. The van der Waals surface area contributed by atoms with E-state index in [0.717, 1.165) is 21.4 Å². The van der Waals surface area contributed by atoms with Crippen molar-refractivity contribution in [3.8, 4) is 11.4 Å². The van der Waals surface area contributed by atoms with Crippen molar-refractivity contribution in [3.63, 3.8) is 0 Å². The van der Waals surface area contributed by atoms with Gasteiger partial charge in [0.1, 0.15) is 5.69 Å². The van der Waals surface area contributed by atoms with Crippen LogP contribution in [0.4, 0.5) is 0 Å². The van der Waals surface area contributed by atoms with Gasteiger partial charge in [-0.1, -0.05) is 6.07 Å². The van der Waals surface area contributed by atoms with Gasteiger partial charge in [0.2, 0.25) is 0 Å². The van der Waals surface area contributed by atoms with Gasteiger partial charge in [0.25, 0.3) is 0 Å². The smallest absolute Gasteiger partial charge is 0.103 e. The monoisotopic (exact) mass is 248 g/mol. The van der Waals surface area contributed by atoms with E-state index < -0.39 is 0 Å². The van der Waals surface area contributed by atoms with Crippen molar-refractivity contribution in [2.24, 2.45) is 0 Å². The molecule has 3 heteroatoms. The summed E-state index contributed by atoms with van der Waals surface area (Å²) >= 11 is 3.46. The molecular formula is C11H9BrN2. The van der Waals surface area contributed by atoms with E-state index in [1.807, 2.05) is 31.2 Å². The number of hydrogen-bond donors (Lipinski definition) is 0. The Morgan fingerprint density at radius 3 is 2.29 bits per heavy atom. The quantitative estimate of drug-likeness (QED) is 0.775. The molecule has 2 aromatic rings. The highest BCUT2D eigenvalue weighted by Crippen LogP contribution is 2.25. The molecule has 70 valence electrons. The van der Waals surface area contributed by atoms with E-state index in [1.165, 1.54) is 0 Å². The number of halogens is 1. The fourth-order valence-corrected chi connectivity index (χ4v) is 1.74. The summed E-state index contributed by atoms with van der Waals surface area (Å²) in [7, 11) is 0. The third kappa shape index (κ3) is 1.68. The molecule has 0 N–H and O–H groups in total. The number of hydrogen-bond acceptors (Lipinski definition) is 2. The summed E-state index contributed by atoms with van der Waals surface area (Å²) in [5.74, 6) is 0. The highest BCUT2D eigenvalue weighted by atomic mass is 79.9. The van der Waals surface area contributed by atoms with Crippen molar-refractivity contribution in [2.75, 3.05) is 0 Å². The van der Waals surface area contributed by atoms with Crippen molar-refractivity contribution in [3.05, 3.63) is 46.7 Å². The molecule has 0 spiro atoms. The molecule has 0 radical (unpaired) electrons. The Balaban J connectivity index is 2.61. The van der Waals surface area contributed by atoms with Gasteiger partial charge in [-0.2, -0.15) is 0 Å².